The van der Waals surface area contributed by atoms with Crippen molar-refractivity contribution in [3.63, 3.8) is 0 Å². The van der Waals surface area contributed by atoms with E-state index in [-0.39, 0.29) is 17.9 Å². The summed E-state index contributed by atoms with van der Waals surface area (Å²) in [6.07, 6.45) is 0.437. The van der Waals surface area contributed by atoms with Gasteiger partial charge in [0.05, 0.1) is 17.9 Å². The van der Waals surface area contributed by atoms with Crippen LogP contribution in [0.3, 0.4) is 0 Å². The van der Waals surface area contributed by atoms with Crippen LogP contribution >= 0.6 is 0 Å². The van der Waals surface area contributed by atoms with Crippen LogP contribution in [0.4, 0.5) is 0 Å². The summed E-state index contributed by atoms with van der Waals surface area (Å²) >= 11 is 0. The summed E-state index contributed by atoms with van der Waals surface area (Å²) in [5.41, 5.74) is 1.16. The number of ether oxygens (including phenoxy) is 1. The second kappa shape index (κ2) is 5.94. The molecule has 1 saturated carbocycles. The highest BCUT2D eigenvalue weighted by Gasteiger charge is 2.48. The molecule has 3 atom stereocenters. The van der Waals surface area contributed by atoms with Crippen LogP contribution in [0.15, 0.2) is 24.3 Å². The molecule has 2 rings (SSSR count). The van der Waals surface area contributed by atoms with Crippen LogP contribution in [0.2, 0.25) is 0 Å². The number of aliphatic carboxylic acids is 1. The molecule has 20 heavy (non-hydrogen) atoms. The highest BCUT2D eigenvalue weighted by Crippen LogP contribution is 2.38. The first-order valence-electron chi connectivity index (χ1n) is 6.70. The van der Waals surface area contributed by atoms with E-state index in [1.165, 1.54) is 0 Å². The number of hydrogen-bond donors (Lipinski definition) is 2. The Morgan fingerprint density at radius 1 is 1.35 bits per heavy atom. The van der Waals surface area contributed by atoms with Gasteiger partial charge in [-0.2, -0.15) is 0 Å². The Kier molecular flexibility index (Phi) is 4.27. The maximum Gasteiger partial charge on any atom is 0.307 e. The third kappa shape index (κ3) is 3.73. The number of nitrogens with one attached hydrogen (secondary N) is 1. The van der Waals surface area contributed by atoms with Gasteiger partial charge in [0.15, 0.2) is 0 Å². The van der Waals surface area contributed by atoms with Gasteiger partial charge >= 0.3 is 5.97 Å². The monoisotopic (exact) mass is 277 g/mol. The largest absolute Gasteiger partial charge is 0.491 e. The molecule has 0 bridgehead atoms. The molecule has 108 valence electrons. The lowest BCUT2D eigenvalue weighted by Gasteiger charge is -2.15. The fourth-order valence-corrected chi connectivity index (χ4v) is 2.00. The first kappa shape index (κ1) is 14.4. The van der Waals surface area contributed by atoms with Gasteiger partial charge in [0, 0.05) is 0 Å². The SMILES string of the molecule is Cc1ccc(OCC(C)NC(=O)C2CC2C(=O)O)cc1. The zero-order valence-corrected chi connectivity index (χ0v) is 11.6. The molecular weight excluding hydrogens is 258 g/mol. The molecule has 1 aliphatic rings. The molecule has 1 fully saturated rings. The van der Waals surface area contributed by atoms with Gasteiger partial charge < -0.3 is 15.2 Å². The van der Waals surface area contributed by atoms with Gasteiger partial charge in [0.1, 0.15) is 12.4 Å². The van der Waals surface area contributed by atoms with E-state index in [0.717, 1.165) is 11.3 Å². The summed E-state index contributed by atoms with van der Waals surface area (Å²) in [5, 5.41) is 11.6. The van der Waals surface area contributed by atoms with E-state index in [4.69, 9.17) is 9.84 Å². The zero-order chi connectivity index (χ0) is 14.7. The van der Waals surface area contributed by atoms with Crippen molar-refractivity contribution in [2.75, 3.05) is 6.61 Å². The van der Waals surface area contributed by atoms with Crippen LogP contribution < -0.4 is 10.1 Å². The average Bonchev–Trinajstić information content (AvgIpc) is 3.18. The predicted molar refractivity (Wildman–Crippen MR) is 73.5 cm³/mol. The van der Waals surface area contributed by atoms with E-state index in [0.29, 0.717) is 13.0 Å². The van der Waals surface area contributed by atoms with Crippen LogP contribution in [0.1, 0.15) is 18.9 Å². The van der Waals surface area contributed by atoms with E-state index >= 15 is 0 Å². The van der Waals surface area contributed by atoms with Crippen molar-refractivity contribution >= 4 is 11.9 Å². The molecule has 0 aromatic heterocycles. The summed E-state index contributed by atoms with van der Waals surface area (Å²) < 4.78 is 5.57. The number of carboxylic acids is 1. The van der Waals surface area contributed by atoms with E-state index < -0.39 is 11.9 Å². The third-order valence-corrected chi connectivity index (χ3v) is 3.35. The molecule has 0 saturated heterocycles. The quantitative estimate of drug-likeness (QED) is 0.828. The Morgan fingerprint density at radius 2 is 2.00 bits per heavy atom. The molecule has 0 radical (unpaired) electrons. The van der Waals surface area contributed by atoms with Gasteiger partial charge in [-0.25, -0.2) is 0 Å². The van der Waals surface area contributed by atoms with Crippen LogP contribution in [0.25, 0.3) is 0 Å². The third-order valence-electron chi connectivity index (χ3n) is 3.35. The molecule has 1 aromatic carbocycles. The van der Waals surface area contributed by atoms with Gasteiger partial charge in [-0.1, -0.05) is 17.7 Å². The molecule has 0 spiro atoms. The van der Waals surface area contributed by atoms with Crippen LogP contribution in [-0.4, -0.2) is 29.6 Å². The van der Waals surface area contributed by atoms with Crippen LogP contribution in [0, 0.1) is 18.8 Å². The second-order valence-corrected chi connectivity index (χ2v) is 5.32. The summed E-state index contributed by atoms with van der Waals surface area (Å²) in [7, 11) is 0. The fraction of sp³-hybridized carbons (Fsp3) is 0.467. The number of aryl methyl sites for hydroxylation is 1. The van der Waals surface area contributed by atoms with Crippen molar-refractivity contribution in [2.24, 2.45) is 11.8 Å². The van der Waals surface area contributed by atoms with Crippen LogP contribution in [0.5, 0.6) is 5.75 Å². The highest BCUT2D eigenvalue weighted by atomic mass is 16.5. The van der Waals surface area contributed by atoms with Gasteiger partial charge in [-0.3, -0.25) is 9.59 Å². The Morgan fingerprint density at radius 3 is 2.55 bits per heavy atom. The normalized spacial score (nSPS) is 21.9. The predicted octanol–water partition coefficient (Wildman–Crippen LogP) is 1.60. The van der Waals surface area contributed by atoms with Crippen molar-refractivity contribution in [3.05, 3.63) is 29.8 Å². The average molecular weight is 277 g/mol. The summed E-state index contributed by atoms with van der Waals surface area (Å²) in [6, 6.07) is 7.52. The number of carbonyl (C=O) groups is 2. The Bertz CT molecular complexity index is 497. The maximum absolute atomic E-state index is 11.8. The van der Waals surface area contributed by atoms with Crippen molar-refractivity contribution in [3.8, 4) is 5.75 Å². The lowest BCUT2D eigenvalue weighted by atomic mass is 10.2. The van der Waals surface area contributed by atoms with Crippen molar-refractivity contribution in [1.29, 1.82) is 0 Å². The molecule has 1 amide bonds. The Balaban J connectivity index is 1.73. The molecule has 0 aliphatic heterocycles. The minimum absolute atomic E-state index is 0.154. The van der Waals surface area contributed by atoms with Crippen LogP contribution in [-0.2, 0) is 9.59 Å². The topological polar surface area (TPSA) is 75.6 Å². The number of amides is 1. The smallest absolute Gasteiger partial charge is 0.307 e. The van der Waals surface area contributed by atoms with Crippen molar-refractivity contribution in [1.82, 2.24) is 5.32 Å². The zero-order valence-electron chi connectivity index (χ0n) is 11.6. The molecule has 2 N–H and O–H groups in total. The van der Waals surface area contributed by atoms with Gasteiger partial charge in [0.2, 0.25) is 5.91 Å². The number of rotatable bonds is 6. The van der Waals surface area contributed by atoms with E-state index in [2.05, 4.69) is 5.32 Å². The molecule has 1 aromatic rings. The molecule has 0 heterocycles. The van der Waals surface area contributed by atoms with E-state index in [1.54, 1.807) is 0 Å². The Labute approximate surface area is 117 Å². The van der Waals surface area contributed by atoms with Crippen molar-refractivity contribution in [2.45, 2.75) is 26.3 Å². The molecular formula is C15H19NO4. The molecule has 5 heteroatoms. The Hall–Kier alpha value is -2.04. The highest BCUT2D eigenvalue weighted by molar-refractivity contribution is 5.89. The molecule has 5 nitrogen and oxygen atoms in total. The number of benzene rings is 1. The first-order chi connectivity index (χ1) is 9.47. The lowest BCUT2D eigenvalue weighted by Crippen LogP contribution is -2.38. The van der Waals surface area contributed by atoms with E-state index in [1.807, 2.05) is 38.1 Å². The number of hydrogen-bond acceptors (Lipinski definition) is 3. The summed E-state index contributed by atoms with van der Waals surface area (Å²) in [5.74, 6) is -1.23. The number of carbonyl (C=O) groups excluding carboxylic acids is 1. The minimum Gasteiger partial charge on any atom is -0.491 e. The number of carboxylic acid groups (broad SMARTS) is 1. The van der Waals surface area contributed by atoms with Gasteiger partial charge in [-0.15, -0.1) is 0 Å². The fourth-order valence-electron chi connectivity index (χ4n) is 2.00. The molecule has 3 unspecified atom stereocenters. The lowest BCUT2D eigenvalue weighted by molar-refractivity contribution is -0.140. The summed E-state index contributed by atoms with van der Waals surface area (Å²) in [4.78, 5) is 22.5. The summed E-state index contributed by atoms with van der Waals surface area (Å²) in [6.45, 7) is 4.20. The minimum atomic E-state index is -0.895. The van der Waals surface area contributed by atoms with E-state index in [9.17, 15) is 9.59 Å². The molecule has 1 aliphatic carbocycles. The van der Waals surface area contributed by atoms with Gasteiger partial charge in [0.25, 0.3) is 0 Å². The second-order valence-electron chi connectivity index (χ2n) is 5.32. The maximum atomic E-state index is 11.8. The van der Waals surface area contributed by atoms with Gasteiger partial charge in [-0.05, 0) is 32.4 Å². The standard InChI is InChI=1S/C15H19NO4/c1-9-3-5-11(6-4-9)20-8-10(2)16-14(17)12-7-13(12)15(18)19/h3-6,10,12-13H,7-8H2,1-2H3,(H,16,17)(H,18,19). The van der Waals surface area contributed by atoms with Crippen molar-refractivity contribution < 1.29 is 19.4 Å². The first-order valence-corrected chi connectivity index (χ1v) is 6.70.